The second-order valence-corrected chi connectivity index (χ2v) is 24.5. The number of amides is 1. The number of aliphatic hydroxyl groups excluding tert-OH is 1. The Hall–Kier alpha value is -0.760. The minimum absolute atomic E-state index is 0.00214. The van der Waals surface area contributed by atoms with Gasteiger partial charge in [-0.15, -0.1) is 0 Å². The van der Waals surface area contributed by atoms with Gasteiger partial charge >= 0.3 is 0 Å². The fourth-order valence-electron chi connectivity index (χ4n) is 9.81. The van der Waals surface area contributed by atoms with E-state index in [9.17, 15) is 19.4 Å². The fourth-order valence-corrected chi connectivity index (χ4v) is 10.5. The van der Waals surface area contributed by atoms with E-state index >= 15 is 0 Å². The number of nitrogens with one attached hydrogen (secondary N) is 1. The Morgan fingerprint density at radius 2 is 0.761 bits per heavy atom. The van der Waals surface area contributed by atoms with Crippen LogP contribution < -0.4 is 10.2 Å². The molecule has 0 aliphatic rings. The molecule has 0 bridgehead atoms. The third kappa shape index (κ3) is 56.8. The van der Waals surface area contributed by atoms with E-state index in [1.165, 1.54) is 270 Å². The summed E-state index contributed by atoms with van der Waals surface area (Å²) in [7, 11) is 1.28. The molecule has 0 aliphatic carbocycles. The Balaban J connectivity index is 3.76. The number of carbonyl (C=O) groups excluding carboxylic acids is 1. The van der Waals surface area contributed by atoms with E-state index in [1.54, 1.807) is 6.08 Å². The predicted octanol–water partition coefficient (Wildman–Crippen LogP) is 18.8. The number of carbonyl (C=O) groups is 1. The zero-order valence-electron chi connectivity index (χ0n) is 48.5. The van der Waals surface area contributed by atoms with Crippen LogP contribution in [-0.4, -0.2) is 68.5 Å². The Bertz CT molecular complexity index is 1160. The second-order valence-electron chi connectivity index (χ2n) is 23.1. The number of phosphoric acid groups is 1. The quantitative estimate of drug-likeness (QED) is 0.0272. The average Bonchev–Trinajstić information content (AvgIpc) is 3.33. The van der Waals surface area contributed by atoms with Crippen LogP contribution in [-0.2, 0) is 18.4 Å². The normalized spacial score (nSPS) is 13.8. The average molecular weight is 1030 g/mol. The first-order chi connectivity index (χ1) is 34.5. The van der Waals surface area contributed by atoms with Crippen LogP contribution >= 0.6 is 7.82 Å². The third-order valence-corrected chi connectivity index (χ3v) is 15.7. The Kier molecular flexibility index (Phi) is 53.5. The molecule has 0 radical (unpaired) electrons. The topological polar surface area (TPSA) is 108 Å². The highest BCUT2D eigenvalue weighted by Crippen LogP contribution is 2.38. The standard InChI is InChI=1S/C62H125N2O6P/c1-6-8-10-12-14-16-18-19-20-21-22-23-24-25-26-27-28-29-30-31-32-33-34-35-36-37-38-39-40-41-42-43-44-45-46-48-50-52-54-56-62(66)63-60(59-70-71(67,68)69-58-57-64(3,4)5)61(65)55-53-51-49-47-17-15-13-11-9-7-2/h53,55,60-61,65H,6-52,54,56-59H2,1-5H3,(H-,63,66,67,68)/b55-53+. The molecule has 9 heteroatoms. The summed E-state index contributed by atoms with van der Waals surface area (Å²) < 4.78 is 23.3. The number of unbranched alkanes of at least 4 members (excludes halogenated alkanes) is 46. The zero-order valence-corrected chi connectivity index (χ0v) is 49.4. The Labute approximate surface area is 443 Å². The van der Waals surface area contributed by atoms with Crippen LogP contribution in [0.5, 0.6) is 0 Å². The van der Waals surface area contributed by atoms with Crippen LogP contribution in [0.15, 0.2) is 12.2 Å². The molecular weight excluding hydrogens is 900 g/mol. The van der Waals surface area contributed by atoms with Crippen molar-refractivity contribution in [3.8, 4) is 0 Å². The molecule has 0 heterocycles. The minimum atomic E-state index is -4.58. The lowest BCUT2D eigenvalue weighted by Gasteiger charge is -2.29. The lowest BCUT2D eigenvalue weighted by molar-refractivity contribution is -0.870. The van der Waals surface area contributed by atoms with Gasteiger partial charge < -0.3 is 28.8 Å². The Morgan fingerprint density at radius 3 is 1.06 bits per heavy atom. The summed E-state index contributed by atoms with van der Waals surface area (Å²) in [5.74, 6) is -0.192. The number of hydrogen-bond acceptors (Lipinski definition) is 6. The third-order valence-electron chi connectivity index (χ3n) is 14.7. The van der Waals surface area contributed by atoms with Gasteiger partial charge in [0, 0.05) is 6.42 Å². The fraction of sp³-hybridized carbons (Fsp3) is 0.952. The van der Waals surface area contributed by atoms with Crippen molar-refractivity contribution < 1.29 is 32.9 Å². The van der Waals surface area contributed by atoms with Crippen LogP contribution in [0.1, 0.15) is 328 Å². The highest BCUT2D eigenvalue weighted by atomic mass is 31.2. The number of allylic oxidation sites excluding steroid dienone is 1. The molecule has 0 saturated heterocycles. The maximum Gasteiger partial charge on any atom is 0.268 e. The maximum atomic E-state index is 12.9. The molecule has 71 heavy (non-hydrogen) atoms. The first-order valence-corrected chi connectivity index (χ1v) is 33.0. The van der Waals surface area contributed by atoms with Gasteiger partial charge in [-0.1, -0.05) is 315 Å². The van der Waals surface area contributed by atoms with E-state index in [-0.39, 0.29) is 19.1 Å². The molecule has 3 atom stereocenters. The number of phosphoric ester groups is 1. The van der Waals surface area contributed by atoms with Crippen molar-refractivity contribution in [2.24, 2.45) is 0 Å². The van der Waals surface area contributed by atoms with Gasteiger partial charge in [0.05, 0.1) is 39.9 Å². The number of likely N-dealkylation sites (N-methyl/N-ethyl adjacent to an activating group) is 1. The minimum Gasteiger partial charge on any atom is -0.756 e. The molecule has 0 aromatic heterocycles. The van der Waals surface area contributed by atoms with Crippen molar-refractivity contribution in [2.75, 3.05) is 40.9 Å². The van der Waals surface area contributed by atoms with Crippen molar-refractivity contribution in [1.29, 1.82) is 0 Å². The zero-order chi connectivity index (χ0) is 52.0. The van der Waals surface area contributed by atoms with Gasteiger partial charge in [0.2, 0.25) is 5.91 Å². The summed E-state index contributed by atoms with van der Waals surface area (Å²) >= 11 is 0. The predicted molar refractivity (Wildman–Crippen MR) is 307 cm³/mol. The van der Waals surface area contributed by atoms with Crippen LogP contribution in [0.25, 0.3) is 0 Å². The lowest BCUT2D eigenvalue weighted by atomic mass is 10.0. The molecule has 0 aliphatic heterocycles. The molecular formula is C62H125N2O6P. The van der Waals surface area contributed by atoms with Crippen LogP contribution in [0, 0.1) is 0 Å². The molecule has 0 fully saturated rings. The van der Waals surface area contributed by atoms with Gasteiger partial charge in [0.1, 0.15) is 13.2 Å². The van der Waals surface area contributed by atoms with Crippen LogP contribution in [0.2, 0.25) is 0 Å². The molecule has 1 amide bonds. The number of nitrogens with zero attached hydrogens (tertiary/aromatic N) is 1. The molecule has 0 aromatic carbocycles. The van der Waals surface area contributed by atoms with Gasteiger partial charge in [0.25, 0.3) is 7.82 Å². The van der Waals surface area contributed by atoms with E-state index in [0.717, 1.165) is 38.5 Å². The molecule has 0 spiro atoms. The van der Waals surface area contributed by atoms with Crippen molar-refractivity contribution >= 4 is 13.7 Å². The van der Waals surface area contributed by atoms with Gasteiger partial charge in [-0.05, 0) is 19.3 Å². The van der Waals surface area contributed by atoms with Gasteiger partial charge in [-0.3, -0.25) is 9.36 Å². The summed E-state index contributed by atoms with van der Waals surface area (Å²) in [5.41, 5.74) is 0. The maximum absolute atomic E-state index is 12.9. The molecule has 0 rings (SSSR count). The van der Waals surface area contributed by atoms with E-state index in [2.05, 4.69) is 19.2 Å². The van der Waals surface area contributed by atoms with E-state index in [4.69, 9.17) is 9.05 Å². The molecule has 8 nitrogen and oxygen atoms in total. The number of quaternary nitrogens is 1. The number of hydrogen-bond donors (Lipinski definition) is 2. The molecule has 0 aromatic rings. The summed E-state index contributed by atoms with van der Waals surface area (Å²) in [6.07, 6.45) is 67.8. The Morgan fingerprint density at radius 1 is 0.479 bits per heavy atom. The van der Waals surface area contributed by atoms with E-state index in [0.29, 0.717) is 17.4 Å². The summed E-state index contributed by atoms with van der Waals surface area (Å²) in [4.78, 5) is 25.4. The second kappa shape index (κ2) is 54.0. The molecule has 424 valence electrons. The van der Waals surface area contributed by atoms with Gasteiger partial charge in [-0.25, -0.2) is 0 Å². The van der Waals surface area contributed by atoms with Gasteiger partial charge in [0.15, 0.2) is 0 Å². The highest BCUT2D eigenvalue weighted by Gasteiger charge is 2.23. The smallest absolute Gasteiger partial charge is 0.268 e. The molecule has 2 N–H and O–H groups in total. The highest BCUT2D eigenvalue weighted by molar-refractivity contribution is 7.45. The summed E-state index contributed by atoms with van der Waals surface area (Å²) in [6, 6.07) is -0.880. The first-order valence-electron chi connectivity index (χ1n) is 31.6. The molecule has 0 saturated carbocycles. The monoisotopic (exact) mass is 1020 g/mol. The van der Waals surface area contributed by atoms with Crippen molar-refractivity contribution in [3.63, 3.8) is 0 Å². The van der Waals surface area contributed by atoms with E-state index in [1.807, 2.05) is 27.2 Å². The van der Waals surface area contributed by atoms with Crippen molar-refractivity contribution in [1.82, 2.24) is 5.32 Å². The van der Waals surface area contributed by atoms with Crippen LogP contribution in [0.4, 0.5) is 0 Å². The number of aliphatic hydroxyl groups is 1. The first kappa shape index (κ1) is 70.2. The van der Waals surface area contributed by atoms with Crippen molar-refractivity contribution in [3.05, 3.63) is 12.2 Å². The van der Waals surface area contributed by atoms with Crippen molar-refractivity contribution in [2.45, 2.75) is 341 Å². The summed E-state index contributed by atoms with van der Waals surface area (Å²) in [5, 5.41) is 13.8. The lowest BCUT2D eigenvalue weighted by Crippen LogP contribution is -2.45. The van der Waals surface area contributed by atoms with Gasteiger partial charge in [-0.2, -0.15) is 0 Å². The number of rotatable bonds is 59. The SMILES string of the molecule is CCCCCCCCCC/C=C/C(O)C(COP(=O)([O-])OCC[N+](C)(C)C)NC(=O)CCCCCCCCCCCCCCCCCCCCCCCCCCCCCCCCCCCCCCCCC. The van der Waals surface area contributed by atoms with E-state index < -0.39 is 20.0 Å². The van der Waals surface area contributed by atoms with Crippen LogP contribution in [0.3, 0.4) is 0 Å². The summed E-state index contributed by atoms with van der Waals surface area (Å²) in [6.45, 7) is 4.66. The largest absolute Gasteiger partial charge is 0.756 e. The molecule has 3 unspecified atom stereocenters.